The van der Waals surface area contributed by atoms with E-state index in [0.717, 1.165) is 19.3 Å². The minimum absolute atomic E-state index is 0.262. The monoisotopic (exact) mass is 175 g/mol. The molecule has 0 aliphatic rings. The molecule has 13 heavy (non-hydrogen) atoms. The Morgan fingerprint density at radius 3 is 2.62 bits per heavy atom. The van der Waals surface area contributed by atoms with E-state index in [2.05, 4.69) is 30.8 Å². The van der Waals surface area contributed by atoms with E-state index in [1.54, 1.807) is 0 Å². The van der Waals surface area contributed by atoms with Crippen LogP contribution >= 0.6 is 0 Å². The van der Waals surface area contributed by atoms with Crippen LogP contribution in [-0.2, 0) is 6.42 Å². The molecule has 0 bridgehead atoms. The molecular weight excluding hydrogens is 158 g/mol. The highest BCUT2D eigenvalue weighted by molar-refractivity contribution is 5.14. The van der Waals surface area contributed by atoms with Crippen LogP contribution in [0.3, 0.4) is 0 Å². The average molecular weight is 175 g/mol. The number of aryl methyl sites for hydroxylation is 1. The molecule has 0 saturated carbocycles. The third-order valence-electron chi connectivity index (χ3n) is 2.12. The summed E-state index contributed by atoms with van der Waals surface area (Å²) in [6.45, 7) is 3.68. The quantitative estimate of drug-likeness (QED) is 0.684. The Kier molecular flexibility index (Phi) is 4.27. The molecule has 0 aromatic heterocycles. The van der Waals surface area contributed by atoms with Crippen LogP contribution in [0.25, 0.3) is 0 Å². The number of hydrogen-bond acceptors (Lipinski definition) is 1. The zero-order chi connectivity index (χ0) is 9.52. The summed E-state index contributed by atoms with van der Waals surface area (Å²) in [5, 5.41) is 0. The second-order valence-electron chi connectivity index (χ2n) is 3.31. The number of nitrogens with two attached hydrogens (primary N) is 1. The minimum Gasteiger partial charge on any atom is -0.327 e. The standard InChI is InChI=1S/C12H17N/c1-2-6-12(13)10-9-11-7-4-3-5-8-11/h2-5,7-8,12H,1,6,9-10,13H2/t12-/m0/s1. The van der Waals surface area contributed by atoms with Crippen molar-refractivity contribution < 1.29 is 0 Å². The molecule has 0 spiro atoms. The van der Waals surface area contributed by atoms with Crippen molar-refractivity contribution in [3.05, 3.63) is 48.6 Å². The Morgan fingerprint density at radius 1 is 1.31 bits per heavy atom. The SMILES string of the molecule is C=CC[C@H](N)CCc1ccccc1. The van der Waals surface area contributed by atoms with Gasteiger partial charge in [-0.05, 0) is 24.8 Å². The number of hydrogen-bond donors (Lipinski definition) is 1. The van der Waals surface area contributed by atoms with Gasteiger partial charge in [-0.3, -0.25) is 0 Å². The Labute approximate surface area is 80.3 Å². The lowest BCUT2D eigenvalue weighted by Crippen LogP contribution is -2.19. The molecule has 70 valence electrons. The first kappa shape index (κ1) is 10.0. The van der Waals surface area contributed by atoms with E-state index in [0.29, 0.717) is 0 Å². The third kappa shape index (κ3) is 3.90. The van der Waals surface area contributed by atoms with Gasteiger partial charge in [-0.25, -0.2) is 0 Å². The number of rotatable bonds is 5. The first-order valence-electron chi connectivity index (χ1n) is 4.73. The highest BCUT2D eigenvalue weighted by Gasteiger charge is 1.99. The maximum absolute atomic E-state index is 5.86. The molecule has 0 unspecified atom stereocenters. The molecule has 1 rings (SSSR count). The summed E-state index contributed by atoms with van der Waals surface area (Å²) in [6, 6.07) is 10.7. The highest BCUT2D eigenvalue weighted by atomic mass is 14.6. The van der Waals surface area contributed by atoms with Crippen molar-refractivity contribution in [1.29, 1.82) is 0 Å². The second-order valence-corrected chi connectivity index (χ2v) is 3.31. The smallest absolute Gasteiger partial charge is 0.00764 e. The van der Waals surface area contributed by atoms with Crippen molar-refractivity contribution in [2.45, 2.75) is 25.3 Å². The molecule has 2 N–H and O–H groups in total. The van der Waals surface area contributed by atoms with Crippen LogP contribution in [0.1, 0.15) is 18.4 Å². The van der Waals surface area contributed by atoms with Gasteiger partial charge in [-0.15, -0.1) is 6.58 Å². The second kappa shape index (κ2) is 5.55. The van der Waals surface area contributed by atoms with Crippen molar-refractivity contribution in [2.24, 2.45) is 5.73 Å². The van der Waals surface area contributed by atoms with Crippen LogP contribution in [0.15, 0.2) is 43.0 Å². The van der Waals surface area contributed by atoms with Crippen molar-refractivity contribution in [2.75, 3.05) is 0 Å². The molecular formula is C12H17N. The Bertz CT molecular complexity index is 241. The van der Waals surface area contributed by atoms with Crippen LogP contribution in [0.5, 0.6) is 0 Å². The van der Waals surface area contributed by atoms with Gasteiger partial charge in [0.25, 0.3) is 0 Å². The van der Waals surface area contributed by atoms with E-state index < -0.39 is 0 Å². The highest BCUT2D eigenvalue weighted by Crippen LogP contribution is 2.05. The lowest BCUT2D eigenvalue weighted by Gasteiger charge is -2.07. The first-order chi connectivity index (χ1) is 6.33. The fraction of sp³-hybridized carbons (Fsp3) is 0.333. The fourth-order valence-electron chi connectivity index (χ4n) is 1.33. The predicted molar refractivity (Wildman–Crippen MR) is 57.6 cm³/mol. The van der Waals surface area contributed by atoms with Gasteiger partial charge in [-0.2, -0.15) is 0 Å². The zero-order valence-corrected chi connectivity index (χ0v) is 7.95. The van der Waals surface area contributed by atoms with E-state index in [1.165, 1.54) is 5.56 Å². The Morgan fingerprint density at radius 2 is 2.00 bits per heavy atom. The summed E-state index contributed by atoms with van der Waals surface area (Å²) in [4.78, 5) is 0. The van der Waals surface area contributed by atoms with Gasteiger partial charge in [0.15, 0.2) is 0 Å². The first-order valence-corrected chi connectivity index (χ1v) is 4.73. The van der Waals surface area contributed by atoms with Crippen LogP contribution in [0, 0.1) is 0 Å². The lowest BCUT2D eigenvalue weighted by atomic mass is 10.0. The largest absolute Gasteiger partial charge is 0.327 e. The fourth-order valence-corrected chi connectivity index (χ4v) is 1.33. The molecule has 0 saturated heterocycles. The molecule has 1 aromatic carbocycles. The van der Waals surface area contributed by atoms with Crippen molar-refractivity contribution in [3.8, 4) is 0 Å². The number of benzene rings is 1. The van der Waals surface area contributed by atoms with Crippen molar-refractivity contribution in [1.82, 2.24) is 0 Å². The Balaban J connectivity index is 2.30. The van der Waals surface area contributed by atoms with Crippen LogP contribution in [0.2, 0.25) is 0 Å². The molecule has 0 radical (unpaired) electrons. The normalized spacial score (nSPS) is 12.4. The van der Waals surface area contributed by atoms with Gasteiger partial charge in [0, 0.05) is 6.04 Å². The summed E-state index contributed by atoms with van der Waals surface area (Å²) < 4.78 is 0. The molecule has 1 nitrogen and oxygen atoms in total. The van der Waals surface area contributed by atoms with E-state index in [1.807, 2.05) is 12.1 Å². The lowest BCUT2D eigenvalue weighted by molar-refractivity contribution is 0.621. The van der Waals surface area contributed by atoms with Gasteiger partial charge in [0.05, 0.1) is 0 Å². The van der Waals surface area contributed by atoms with Crippen LogP contribution < -0.4 is 5.73 Å². The summed E-state index contributed by atoms with van der Waals surface area (Å²) in [5.74, 6) is 0. The molecule has 0 aliphatic heterocycles. The maximum Gasteiger partial charge on any atom is 0.00764 e. The molecule has 0 amide bonds. The topological polar surface area (TPSA) is 26.0 Å². The molecule has 0 aliphatic carbocycles. The minimum atomic E-state index is 0.262. The summed E-state index contributed by atoms with van der Waals surface area (Å²) in [5.41, 5.74) is 7.22. The van der Waals surface area contributed by atoms with Crippen LogP contribution in [0.4, 0.5) is 0 Å². The zero-order valence-electron chi connectivity index (χ0n) is 7.95. The van der Waals surface area contributed by atoms with Gasteiger partial charge in [-0.1, -0.05) is 36.4 Å². The Hall–Kier alpha value is -1.08. The third-order valence-corrected chi connectivity index (χ3v) is 2.12. The summed E-state index contributed by atoms with van der Waals surface area (Å²) >= 11 is 0. The molecule has 1 atom stereocenters. The van der Waals surface area contributed by atoms with Gasteiger partial charge < -0.3 is 5.73 Å². The predicted octanol–water partition coefficient (Wildman–Crippen LogP) is 2.52. The molecule has 1 aromatic rings. The van der Waals surface area contributed by atoms with E-state index in [9.17, 15) is 0 Å². The summed E-state index contributed by atoms with van der Waals surface area (Å²) in [6.07, 6.45) is 4.90. The van der Waals surface area contributed by atoms with E-state index >= 15 is 0 Å². The summed E-state index contributed by atoms with van der Waals surface area (Å²) in [7, 11) is 0. The van der Waals surface area contributed by atoms with Crippen molar-refractivity contribution >= 4 is 0 Å². The molecule has 1 heteroatoms. The van der Waals surface area contributed by atoms with Crippen molar-refractivity contribution in [3.63, 3.8) is 0 Å². The van der Waals surface area contributed by atoms with E-state index in [-0.39, 0.29) is 6.04 Å². The van der Waals surface area contributed by atoms with Gasteiger partial charge >= 0.3 is 0 Å². The molecule has 0 fully saturated rings. The van der Waals surface area contributed by atoms with Crippen LogP contribution in [-0.4, -0.2) is 6.04 Å². The van der Waals surface area contributed by atoms with Gasteiger partial charge in [0.2, 0.25) is 0 Å². The van der Waals surface area contributed by atoms with E-state index in [4.69, 9.17) is 5.73 Å². The van der Waals surface area contributed by atoms with Gasteiger partial charge in [0.1, 0.15) is 0 Å². The average Bonchev–Trinajstić information content (AvgIpc) is 2.17. The molecule has 0 heterocycles. The maximum atomic E-state index is 5.86.